The fourth-order valence-electron chi connectivity index (χ4n) is 2.56. The summed E-state index contributed by atoms with van der Waals surface area (Å²) in [6.07, 6.45) is 1.17. The number of nitrogens with two attached hydrogens (primary N) is 1. The lowest BCUT2D eigenvalue weighted by molar-refractivity contribution is -0.141. The number of rotatable bonds is 5. The monoisotopic (exact) mass is 341 g/mol. The number of nitrogens with zero attached hydrogens (tertiary/aromatic N) is 1. The van der Waals surface area contributed by atoms with Gasteiger partial charge >= 0.3 is 0 Å². The van der Waals surface area contributed by atoms with Crippen molar-refractivity contribution in [3.8, 4) is 0 Å². The highest BCUT2D eigenvalue weighted by molar-refractivity contribution is 5.93. The minimum atomic E-state index is -0.385. The average molecular weight is 342 g/mol. The van der Waals surface area contributed by atoms with E-state index in [0.717, 1.165) is 18.4 Å². The number of hydrogen-bond donors (Lipinski definition) is 2. The van der Waals surface area contributed by atoms with Crippen molar-refractivity contribution in [1.29, 1.82) is 0 Å². The third-order valence-corrected chi connectivity index (χ3v) is 3.89. The first-order valence-corrected chi connectivity index (χ1v) is 7.46. The molecule has 0 radical (unpaired) electrons. The molecule has 0 spiro atoms. The van der Waals surface area contributed by atoms with Crippen LogP contribution >= 0.6 is 12.4 Å². The summed E-state index contributed by atoms with van der Waals surface area (Å²) in [5.41, 5.74) is 7.13. The molecule has 0 unspecified atom stereocenters. The number of carbonyl (C=O) groups is 2. The van der Waals surface area contributed by atoms with E-state index in [-0.39, 0.29) is 36.4 Å². The second-order valence-corrected chi connectivity index (χ2v) is 5.53. The fraction of sp³-hybridized carbons (Fsp3) is 0.500. The van der Waals surface area contributed by atoms with E-state index >= 15 is 0 Å². The zero-order valence-corrected chi connectivity index (χ0v) is 14.3. The number of nitrogens with one attached hydrogen (secondary N) is 1. The highest BCUT2D eigenvalue weighted by Gasteiger charge is 2.31. The maximum absolute atomic E-state index is 12.3. The van der Waals surface area contributed by atoms with E-state index < -0.39 is 0 Å². The van der Waals surface area contributed by atoms with Crippen molar-refractivity contribution >= 4 is 24.2 Å². The van der Waals surface area contributed by atoms with Gasteiger partial charge in [0.1, 0.15) is 6.10 Å². The Hall–Kier alpha value is -1.63. The van der Waals surface area contributed by atoms with Gasteiger partial charge in [0.25, 0.3) is 11.8 Å². The van der Waals surface area contributed by atoms with E-state index in [9.17, 15) is 9.59 Å². The number of carbonyl (C=O) groups excluding carboxylic acids is 2. The summed E-state index contributed by atoms with van der Waals surface area (Å²) in [6, 6.07) is 7.21. The Balaban J connectivity index is 0.00000264. The van der Waals surface area contributed by atoms with Gasteiger partial charge in [0.15, 0.2) is 0 Å². The lowest BCUT2D eigenvalue weighted by Gasteiger charge is -2.21. The standard InChI is InChI=1S/C16H23N3O3.ClH/c1-18-15(20)12-5-3-11(4-6-12)10-19(2)16(21)14-8-7-13(9-17)22-14;/h3-6,13-14H,7-10,17H2,1-2H3,(H,18,20);1H/t13-,14+;/m1./s1. The molecule has 2 rings (SSSR count). The van der Waals surface area contributed by atoms with Gasteiger partial charge in [-0.25, -0.2) is 0 Å². The zero-order chi connectivity index (χ0) is 16.1. The van der Waals surface area contributed by atoms with Crippen molar-refractivity contribution in [2.24, 2.45) is 5.73 Å². The molecule has 0 aromatic heterocycles. The van der Waals surface area contributed by atoms with Crippen LogP contribution in [-0.2, 0) is 16.1 Å². The topological polar surface area (TPSA) is 84.7 Å². The van der Waals surface area contributed by atoms with Crippen LogP contribution in [0.2, 0.25) is 0 Å². The third kappa shape index (κ3) is 4.92. The van der Waals surface area contributed by atoms with Crippen LogP contribution in [0.25, 0.3) is 0 Å². The molecular weight excluding hydrogens is 318 g/mol. The van der Waals surface area contributed by atoms with Crippen molar-refractivity contribution in [3.63, 3.8) is 0 Å². The van der Waals surface area contributed by atoms with Crippen molar-refractivity contribution in [1.82, 2.24) is 10.2 Å². The van der Waals surface area contributed by atoms with Crippen LogP contribution in [0.1, 0.15) is 28.8 Å². The largest absolute Gasteiger partial charge is 0.364 e. The first kappa shape index (κ1) is 19.4. The predicted octanol–water partition coefficient (Wildman–Crippen LogP) is 0.933. The van der Waals surface area contributed by atoms with Gasteiger partial charge in [-0.1, -0.05) is 12.1 Å². The van der Waals surface area contributed by atoms with Crippen LogP contribution in [0.4, 0.5) is 0 Å². The van der Waals surface area contributed by atoms with E-state index in [2.05, 4.69) is 5.32 Å². The summed E-state index contributed by atoms with van der Waals surface area (Å²) < 4.78 is 5.63. The second kappa shape index (κ2) is 8.86. The second-order valence-electron chi connectivity index (χ2n) is 5.53. The van der Waals surface area contributed by atoms with Crippen LogP contribution in [0.5, 0.6) is 0 Å². The molecule has 2 amide bonds. The molecule has 128 valence electrons. The summed E-state index contributed by atoms with van der Waals surface area (Å²) in [4.78, 5) is 25.5. The maximum Gasteiger partial charge on any atom is 0.251 e. The Morgan fingerprint density at radius 2 is 1.96 bits per heavy atom. The van der Waals surface area contributed by atoms with Gasteiger partial charge in [0.05, 0.1) is 6.10 Å². The molecular formula is C16H24ClN3O3. The van der Waals surface area contributed by atoms with Crippen LogP contribution < -0.4 is 11.1 Å². The molecule has 1 aliphatic rings. The van der Waals surface area contributed by atoms with Gasteiger partial charge in [0, 0.05) is 32.7 Å². The Morgan fingerprint density at radius 1 is 1.30 bits per heavy atom. The van der Waals surface area contributed by atoms with Crippen LogP contribution in [0.15, 0.2) is 24.3 Å². The summed E-state index contributed by atoms with van der Waals surface area (Å²) in [7, 11) is 3.35. The van der Waals surface area contributed by atoms with Gasteiger partial charge in [0.2, 0.25) is 0 Å². The van der Waals surface area contributed by atoms with E-state index in [4.69, 9.17) is 10.5 Å². The molecule has 0 aliphatic carbocycles. The lowest BCUT2D eigenvalue weighted by atomic mass is 10.1. The molecule has 6 nitrogen and oxygen atoms in total. The van der Waals surface area contributed by atoms with Gasteiger partial charge in [-0.3, -0.25) is 9.59 Å². The molecule has 3 N–H and O–H groups in total. The van der Waals surface area contributed by atoms with Gasteiger partial charge in [-0.05, 0) is 30.5 Å². The fourth-order valence-corrected chi connectivity index (χ4v) is 2.56. The van der Waals surface area contributed by atoms with E-state index in [0.29, 0.717) is 18.7 Å². The SMILES string of the molecule is CNC(=O)c1ccc(CN(C)C(=O)[C@@H]2CC[C@H](CN)O2)cc1.Cl. The third-order valence-electron chi connectivity index (χ3n) is 3.89. The molecule has 1 saturated heterocycles. The molecule has 1 aromatic rings. The number of hydrogen-bond acceptors (Lipinski definition) is 4. The number of likely N-dealkylation sites (N-methyl/N-ethyl adjacent to an activating group) is 1. The van der Waals surface area contributed by atoms with E-state index in [1.165, 1.54) is 0 Å². The van der Waals surface area contributed by atoms with Crippen LogP contribution in [-0.4, -0.2) is 49.6 Å². The van der Waals surface area contributed by atoms with Crippen LogP contribution in [0.3, 0.4) is 0 Å². The first-order chi connectivity index (χ1) is 10.5. The molecule has 1 aromatic carbocycles. The molecule has 2 atom stereocenters. The Morgan fingerprint density at radius 3 is 2.48 bits per heavy atom. The summed E-state index contributed by atoms with van der Waals surface area (Å²) >= 11 is 0. The van der Waals surface area contributed by atoms with Crippen molar-refractivity contribution in [3.05, 3.63) is 35.4 Å². The van der Waals surface area contributed by atoms with E-state index in [1.807, 2.05) is 12.1 Å². The minimum Gasteiger partial charge on any atom is -0.364 e. The minimum absolute atomic E-state index is 0. The highest BCUT2D eigenvalue weighted by Crippen LogP contribution is 2.21. The number of ether oxygens (including phenoxy) is 1. The average Bonchev–Trinajstić information content (AvgIpc) is 3.03. The number of amides is 2. The Kier molecular flexibility index (Phi) is 7.48. The molecule has 0 saturated carbocycles. The van der Waals surface area contributed by atoms with Crippen molar-refractivity contribution in [2.45, 2.75) is 31.6 Å². The molecule has 0 bridgehead atoms. The molecule has 1 heterocycles. The summed E-state index contributed by atoms with van der Waals surface area (Å²) in [6.45, 7) is 0.939. The Labute approximate surface area is 142 Å². The van der Waals surface area contributed by atoms with Crippen LogP contribution in [0, 0.1) is 0 Å². The molecule has 1 fully saturated rings. The molecule has 23 heavy (non-hydrogen) atoms. The van der Waals surface area contributed by atoms with Crippen molar-refractivity contribution < 1.29 is 14.3 Å². The summed E-state index contributed by atoms with van der Waals surface area (Å²) in [5, 5.41) is 2.58. The predicted molar refractivity (Wildman–Crippen MR) is 90.5 cm³/mol. The highest BCUT2D eigenvalue weighted by atomic mass is 35.5. The van der Waals surface area contributed by atoms with Gasteiger partial charge < -0.3 is 20.7 Å². The lowest BCUT2D eigenvalue weighted by Crippen LogP contribution is -2.36. The summed E-state index contributed by atoms with van der Waals surface area (Å²) in [5.74, 6) is -0.144. The quantitative estimate of drug-likeness (QED) is 0.834. The Bertz CT molecular complexity index is 536. The first-order valence-electron chi connectivity index (χ1n) is 7.46. The smallest absolute Gasteiger partial charge is 0.251 e. The zero-order valence-electron chi connectivity index (χ0n) is 13.5. The van der Waals surface area contributed by atoms with Crippen molar-refractivity contribution in [2.75, 3.05) is 20.6 Å². The number of benzene rings is 1. The molecule has 1 aliphatic heterocycles. The molecule has 7 heteroatoms. The van der Waals surface area contributed by atoms with Gasteiger partial charge in [-0.15, -0.1) is 12.4 Å². The number of halogens is 1. The maximum atomic E-state index is 12.3. The van der Waals surface area contributed by atoms with Gasteiger partial charge in [-0.2, -0.15) is 0 Å². The normalized spacial score (nSPS) is 19.8. The van der Waals surface area contributed by atoms with E-state index in [1.54, 1.807) is 31.1 Å².